The first-order valence-corrected chi connectivity index (χ1v) is 6.60. The summed E-state index contributed by atoms with van der Waals surface area (Å²) in [7, 11) is 0. The van der Waals surface area contributed by atoms with Crippen LogP contribution >= 0.6 is 0 Å². The number of hydrogen-bond donors (Lipinski definition) is 2. The van der Waals surface area contributed by atoms with Gasteiger partial charge in [-0.25, -0.2) is 4.98 Å². The number of nitrogens with zero attached hydrogens (tertiary/aromatic N) is 2. The molecule has 5 nitrogen and oxygen atoms in total. The topological polar surface area (TPSA) is 59.1 Å². The average molecular weight is 250 g/mol. The molecule has 0 aliphatic carbocycles. The fourth-order valence-electron chi connectivity index (χ4n) is 2.06. The Morgan fingerprint density at radius 1 is 1.44 bits per heavy atom. The maximum absolute atomic E-state index is 5.61. The summed E-state index contributed by atoms with van der Waals surface area (Å²) in [5.74, 6) is 1.62. The Kier molecular flexibility index (Phi) is 4.01. The molecule has 2 atom stereocenters. The number of aromatic nitrogens is 2. The van der Waals surface area contributed by atoms with Gasteiger partial charge in [0.1, 0.15) is 11.6 Å². The summed E-state index contributed by atoms with van der Waals surface area (Å²) in [6.45, 7) is 8.09. The SMILES string of the molecule is CCCNc1cncc(NC2(C)CCOC2C)n1. The van der Waals surface area contributed by atoms with Crippen molar-refractivity contribution in [1.82, 2.24) is 9.97 Å². The molecule has 2 heterocycles. The van der Waals surface area contributed by atoms with Crippen molar-refractivity contribution < 1.29 is 4.74 Å². The third-order valence-electron chi connectivity index (χ3n) is 3.49. The van der Waals surface area contributed by atoms with E-state index in [0.717, 1.165) is 37.6 Å². The third kappa shape index (κ3) is 2.90. The van der Waals surface area contributed by atoms with Crippen molar-refractivity contribution in [3.63, 3.8) is 0 Å². The molecule has 0 amide bonds. The first kappa shape index (κ1) is 13.1. The number of anilines is 2. The van der Waals surface area contributed by atoms with E-state index >= 15 is 0 Å². The minimum Gasteiger partial charge on any atom is -0.376 e. The Balaban J connectivity index is 2.04. The van der Waals surface area contributed by atoms with Crippen LogP contribution in [0.3, 0.4) is 0 Å². The van der Waals surface area contributed by atoms with E-state index in [1.165, 1.54) is 0 Å². The molecule has 0 bridgehead atoms. The Hall–Kier alpha value is -1.36. The van der Waals surface area contributed by atoms with Gasteiger partial charge in [0.2, 0.25) is 0 Å². The summed E-state index contributed by atoms with van der Waals surface area (Å²) in [6.07, 6.45) is 5.75. The fraction of sp³-hybridized carbons (Fsp3) is 0.692. The van der Waals surface area contributed by atoms with Gasteiger partial charge in [0.25, 0.3) is 0 Å². The van der Waals surface area contributed by atoms with E-state index in [1.54, 1.807) is 12.4 Å². The lowest BCUT2D eigenvalue weighted by molar-refractivity contribution is 0.105. The maximum Gasteiger partial charge on any atom is 0.147 e. The van der Waals surface area contributed by atoms with Crippen molar-refractivity contribution in [3.8, 4) is 0 Å². The summed E-state index contributed by atoms with van der Waals surface area (Å²) in [5, 5.41) is 6.68. The molecule has 1 aliphatic rings. The molecule has 0 spiro atoms. The van der Waals surface area contributed by atoms with E-state index in [1.807, 2.05) is 0 Å². The zero-order valence-electron chi connectivity index (χ0n) is 11.4. The van der Waals surface area contributed by atoms with Crippen LogP contribution in [-0.2, 0) is 4.74 Å². The molecule has 0 aromatic carbocycles. The third-order valence-corrected chi connectivity index (χ3v) is 3.49. The second kappa shape index (κ2) is 5.52. The molecule has 1 fully saturated rings. The van der Waals surface area contributed by atoms with Crippen LogP contribution in [0.2, 0.25) is 0 Å². The summed E-state index contributed by atoms with van der Waals surface area (Å²) in [4.78, 5) is 8.72. The van der Waals surface area contributed by atoms with Gasteiger partial charge in [-0.2, -0.15) is 0 Å². The van der Waals surface area contributed by atoms with E-state index in [0.29, 0.717) is 0 Å². The van der Waals surface area contributed by atoms with E-state index in [-0.39, 0.29) is 11.6 Å². The maximum atomic E-state index is 5.61. The molecule has 5 heteroatoms. The Bertz CT molecular complexity index is 398. The van der Waals surface area contributed by atoms with Gasteiger partial charge in [0.05, 0.1) is 24.0 Å². The van der Waals surface area contributed by atoms with Crippen molar-refractivity contribution in [2.75, 3.05) is 23.8 Å². The summed E-state index contributed by atoms with van der Waals surface area (Å²) in [6, 6.07) is 0. The second-order valence-electron chi connectivity index (χ2n) is 5.02. The van der Waals surface area contributed by atoms with E-state index in [9.17, 15) is 0 Å². The molecule has 100 valence electrons. The average Bonchev–Trinajstić information content (AvgIpc) is 2.67. The molecule has 1 aromatic rings. The van der Waals surface area contributed by atoms with Gasteiger partial charge in [-0.15, -0.1) is 0 Å². The minimum absolute atomic E-state index is 0.0575. The van der Waals surface area contributed by atoms with E-state index in [2.05, 4.69) is 41.4 Å². The van der Waals surface area contributed by atoms with Crippen LogP contribution in [0.1, 0.15) is 33.6 Å². The van der Waals surface area contributed by atoms with Crippen LogP contribution in [0.15, 0.2) is 12.4 Å². The van der Waals surface area contributed by atoms with Crippen molar-refractivity contribution in [1.29, 1.82) is 0 Å². The minimum atomic E-state index is -0.0575. The van der Waals surface area contributed by atoms with Crippen molar-refractivity contribution >= 4 is 11.6 Å². The predicted octanol–water partition coefficient (Wildman–Crippen LogP) is 2.28. The van der Waals surface area contributed by atoms with Crippen LogP contribution in [0.5, 0.6) is 0 Å². The molecule has 1 saturated heterocycles. The quantitative estimate of drug-likeness (QED) is 0.839. The summed E-state index contributed by atoms with van der Waals surface area (Å²) in [5.41, 5.74) is -0.0575. The number of ether oxygens (including phenoxy) is 1. The van der Waals surface area contributed by atoms with Gasteiger partial charge in [0.15, 0.2) is 0 Å². The van der Waals surface area contributed by atoms with Crippen LogP contribution < -0.4 is 10.6 Å². The molecule has 0 radical (unpaired) electrons. The molecular weight excluding hydrogens is 228 g/mol. The van der Waals surface area contributed by atoms with Gasteiger partial charge in [0, 0.05) is 13.2 Å². The van der Waals surface area contributed by atoms with Gasteiger partial charge in [-0.3, -0.25) is 4.98 Å². The molecular formula is C13H22N4O. The van der Waals surface area contributed by atoms with E-state index in [4.69, 9.17) is 4.74 Å². The highest BCUT2D eigenvalue weighted by molar-refractivity contribution is 5.43. The smallest absolute Gasteiger partial charge is 0.147 e. The summed E-state index contributed by atoms with van der Waals surface area (Å²) < 4.78 is 5.61. The van der Waals surface area contributed by atoms with Crippen LogP contribution in [0.4, 0.5) is 11.6 Å². The fourth-order valence-corrected chi connectivity index (χ4v) is 2.06. The lowest BCUT2D eigenvalue weighted by atomic mass is 9.95. The van der Waals surface area contributed by atoms with Gasteiger partial charge >= 0.3 is 0 Å². The number of nitrogens with one attached hydrogen (secondary N) is 2. The first-order valence-electron chi connectivity index (χ1n) is 6.60. The molecule has 2 N–H and O–H groups in total. The normalized spacial score (nSPS) is 27.2. The lowest BCUT2D eigenvalue weighted by Gasteiger charge is -2.29. The molecule has 2 rings (SSSR count). The largest absolute Gasteiger partial charge is 0.376 e. The van der Waals surface area contributed by atoms with Crippen LogP contribution in [-0.4, -0.2) is 34.8 Å². The number of hydrogen-bond acceptors (Lipinski definition) is 5. The molecule has 18 heavy (non-hydrogen) atoms. The highest BCUT2D eigenvalue weighted by Crippen LogP contribution is 2.28. The van der Waals surface area contributed by atoms with E-state index < -0.39 is 0 Å². The van der Waals surface area contributed by atoms with Crippen molar-refractivity contribution in [2.24, 2.45) is 0 Å². The lowest BCUT2D eigenvalue weighted by Crippen LogP contribution is -2.41. The van der Waals surface area contributed by atoms with Crippen molar-refractivity contribution in [2.45, 2.75) is 45.3 Å². The standard InChI is InChI=1S/C13H22N4O/c1-4-6-15-11-8-14-9-12(16-11)17-13(3)5-7-18-10(13)2/h8-10H,4-7H2,1-3H3,(H2,15,16,17). The van der Waals surface area contributed by atoms with Crippen LogP contribution in [0.25, 0.3) is 0 Å². The van der Waals surface area contributed by atoms with Gasteiger partial charge < -0.3 is 15.4 Å². The second-order valence-corrected chi connectivity index (χ2v) is 5.02. The summed E-state index contributed by atoms with van der Waals surface area (Å²) >= 11 is 0. The first-order chi connectivity index (χ1) is 8.64. The van der Waals surface area contributed by atoms with Crippen LogP contribution in [0, 0.1) is 0 Å². The van der Waals surface area contributed by atoms with Crippen molar-refractivity contribution in [3.05, 3.63) is 12.4 Å². The Labute approximate surface area is 108 Å². The molecule has 1 aromatic heterocycles. The Morgan fingerprint density at radius 3 is 2.89 bits per heavy atom. The number of rotatable bonds is 5. The van der Waals surface area contributed by atoms with Gasteiger partial charge in [-0.05, 0) is 26.7 Å². The Morgan fingerprint density at radius 2 is 2.22 bits per heavy atom. The molecule has 0 saturated carbocycles. The highest BCUT2D eigenvalue weighted by atomic mass is 16.5. The monoisotopic (exact) mass is 250 g/mol. The zero-order chi connectivity index (χ0) is 13.0. The predicted molar refractivity (Wildman–Crippen MR) is 72.9 cm³/mol. The molecule has 1 aliphatic heterocycles. The highest BCUT2D eigenvalue weighted by Gasteiger charge is 2.37. The van der Waals surface area contributed by atoms with Gasteiger partial charge in [-0.1, -0.05) is 6.92 Å². The zero-order valence-corrected chi connectivity index (χ0v) is 11.4. The molecule has 2 unspecified atom stereocenters.